The number of hydrogen-bond acceptors (Lipinski definition) is 6. The third-order valence-electron chi connectivity index (χ3n) is 4.80. The summed E-state index contributed by atoms with van der Waals surface area (Å²) in [5, 5.41) is 3.04. The molecule has 1 aromatic heterocycles. The number of nitrogens with zero attached hydrogens (tertiary/aromatic N) is 1. The number of nitrogens with one attached hydrogen (secondary N) is 1. The van der Waals surface area contributed by atoms with Crippen LogP contribution < -0.4 is 16.0 Å². The summed E-state index contributed by atoms with van der Waals surface area (Å²) in [6.45, 7) is 4.60. The molecule has 0 radical (unpaired) electrons. The van der Waals surface area contributed by atoms with E-state index in [0.717, 1.165) is 36.4 Å². The standard InChI is InChI=1S/C20H23N3O4S/c1-11-6-7-14-13(9-11)5-4-8-23(14)10-15(24)22-19-16(20(26)27-3)12(2)17(28-19)18(21)25/h6-7,9H,4-5,8,10H2,1-3H3,(H2,21,25)(H,22,24). The van der Waals surface area contributed by atoms with Crippen LogP contribution >= 0.6 is 11.3 Å². The lowest BCUT2D eigenvalue weighted by Crippen LogP contribution is -2.36. The number of nitrogens with two attached hydrogens (primary N) is 1. The van der Waals surface area contributed by atoms with Gasteiger partial charge in [0.2, 0.25) is 5.91 Å². The number of methoxy groups -OCH3 is 1. The summed E-state index contributed by atoms with van der Waals surface area (Å²) in [7, 11) is 1.25. The minimum absolute atomic E-state index is 0.152. The molecule has 0 fully saturated rings. The number of fused-ring (bicyclic) bond motifs is 1. The van der Waals surface area contributed by atoms with Crippen molar-refractivity contribution in [2.75, 3.05) is 30.4 Å². The Morgan fingerprint density at radius 3 is 2.71 bits per heavy atom. The fourth-order valence-electron chi connectivity index (χ4n) is 3.49. The number of hydrogen-bond donors (Lipinski definition) is 2. The van der Waals surface area contributed by atoms with E-state index in [4.69, 9.17) is 10.5 Å². The van der Waals surface area contributed by atoms with Crippen LogP contribution in [0.4, 0.5) is 10.7 Å². The normalized spacial score (nSPS) is 13.0. The van der Waals surface area contributed by atoms with Crippen LogP contribution in [0.5, 0.6) is 0 Å². The lowest BCUT2D eigenvalue weighted by Gasteiger charge is -2.31. The van der Waals surface area contributed by atoms with Gasteiger partial charge >= 0.3 is 5.97 Å². The second kappa shape index (κ2) is 8.02. The molecule has 28 heavy (non-hydrogen) atoms. The number of amides is 2. The molecule has 0 saturated carbocycles. The number of thiophene rings is 1. The first-order valence-corrected chi connectivity index (χ1v) is 9.79. The van der Waals surface area contributed by atoms with Crippen molar-refractivity contribution in [1.29, 1.82) is 0 Å². The largest absolute Gasteiger partial charge is 0.465 e. The molecule has 8 heteroatoms. The van der Waals surface area contributed by atoms with E-state index in [1.807, 2.05) is 17.0 Å². The zero-order valence-corrected chi connectivity index (χ0v) is 16.9. The predicted octanol–water partition coefficient (Wildman–Crippen LogP) is 2.64. The highest BCUT2D eigenvalue weighted by molar-refractivity contribution is 7.18. The summed E-state index contributed by atoms with van der Waals surface area (Å²) >= 11 is 0.990. The highest BCUT2D eigenvalue weighted by Crippen LogP contribution is 2.34. The van der Waals surface area contributed by atoms with Crippen molar-refractivity contribution in [2.24, 2.45) is 5.73 Å². The minimum atomic E-state index is -0.645. The molecule has 0 bridgehead atoms. The summed E-state index contributed by atoms with van der Waals surface area (Å²) < 4.78 is 4.79. The van der Waals surface area contributed by atoms with Gasteiger partial charge in [0.05, 0.1) is 24.1 Å². The van der Waals surface area contributed by atoms with Gasteiger partial charge in [-0.3, -0.25) is 9.59 Å². The summed E-state index contributed by atoms with van der Waals surface area (Å²) in [5.74, 6) is -1.53. The number of carbonyl (C=O) groups is 3. The van der Waals surface area contributed by atoms with Gasteiger partial charge in [0.15, 0.2) is 0 Å². The Morgan fingerprint density at radius 2 is 2.04 bits per heavy atom. The molecule has 1 aliphatic heterocycles. The second-order valence-electron chi connectivity index (χ2n) is 6.82. The number of benzene rings is 1. The van der Waals surface area contributed by atoms with Crippen molar-refractivity contribution in [3.05, 3.63) is 45.3 Å². The Labute approximate surface area is 167 Å². The molecule has 0 unspecified atom stereocenters. The summed E-state index contributed by atoms with van der Waals surface area (Å²) in [4.78, 5) is 38.7. The van der Waals surface area contributed by atoms with Crippen molar-refractivity contribution in [2.45, 2.75) is 26.7 Å². The molecule has 0 saturated heterocycles. The van der Waals surface area contributed by atoms with Crippen LogP contribution in [0.2, 0.25) is 0 Å². The maximum atomic E-state index is 12.7. The number of rotatable bonds is 5. The fourth-order valence-corrected chi connectivity index (χ4v) is 4.56. The molecule has 148 valence electrons. The van der Waals surface area contributed by atoms with Crippen molar-refractivity contribution in [3.63, 3.8) is 0 Å². The molecular weight excluding hydrogens is 378 g/mol. The van der Waals surface area contributed by atoms with Crippen molar-refractivity contribution in [3.8, 4) is 0 Å². The molecule has 1 aromatic carbocycles. The van der Waals surface area contributed by atoms with Gasteiger partial charge in [0.25, 0.3) is 5.91 Å². The van der Waals surface area contributed by atoms with E-state index in [2.05, 4.69) is 18.3 Å². The molecule has 0 atom stereocenters. The first-order chi connectivity index (χ1) is 13.3. The van der Waals surface area contributed by atoms with Gasteiger partial charge in [-0.15, -0.1) is 11.3 Å². The molecular formula is C20H23N3O4S. The molecule has 0 aliphatic carbocycles. The van der Waals surface area contributed by atoms with Crippen LogP contribution in [0.25, 0.3) is 0 Å². The highest BCUT2D eigenvalue weighted by Gasteiger charge is 2.26. The monoisotopic (exact) mass is 401 g/mol. The predicted molar refractivity (Wildman–Crippen MR) is 109 cm³/mol. The van der Waals surface area contributed by atoms with E-state index < -0.39 is 11.9 Å². The third kappa shape index (κ3) is 3.87. The van der Waals surface area contributed by atoms with Crippen molar-refractivity contribution >= 4 is 39.8 Å². The van der Waals surface area contributed by atoms with E-state index >= 15 is 0 Å². The molecule has 2 heterocycles. The Morgan fingerprint density at radius 1 is 1.29 bits per heavy atom. The van der Waals surface area contributed by atoms with E-state index in [1.165, 1.54) is 18.2 Å². The summed E-state index contributed by atoms with van der Waals surface area (Å²) in [6.07, 6.45) is 1.97. The Balaban J connectivity index is 1.82. The molecule has 2 amide bonds. The quantitative estimate of drug-likeness (QED) is 0.750. The first kappa shape index (κ1) is 19.9. The van der Waals surface area contributed by atoms with Crippen LogP contribution in [0.1, 0.15) is 43.1 Å². The summed E-state index contributed by atoms with van der Waals surface area (Å²) in [5.41, 5.74) is 9.45. The average Bonchev–Trinajstić information content (AvgIpc) is 2.97. The minimum Gasteiger partial charge on any atom is -0.465 e. The van der Waals surface area contributed by atoms with Crippen molar-refractivity contribution < 1.29 is 19.1 Å². The number of ether oxygens (including phenoxy) is 1. The maximum absolute atomic E-state index is 12.7. The average molecular weight is 401 g/mol. The number of carbonyl (C=O) groups excluding carboxylic acids is 3. The van der Waals surface area contributed by atoms with Crippen LogP contribution in [-0.2, 0) is 16.0 Å². The van der Waals surface area contributed by atoms with Gasteiger partial charge in [0.1, 0.15) is 5.00 Å². The zero-order valence-electron chi connectivity index (χ0n) is 16.1. The molecule has 0 spiro atoms. The lowest BCUT2D eigenvalue weighted by atomic mass is 9.99. The van der Waals surface area contributed by atoms with E-state index in [-0.39, 0.29) is 27.9 Å². The number of primary amides is 1. The zero-order chi connectivity index (χ0) is 20.4. The number of esters is 1. The van der Waals surface area contributed by atoms with Gasteiger partial charge < -0.3 is 20.7 Å². The molecule has 1 aliphatic rings. The van der Waals surface area contributed by atoms with Crippen LogP contribution in [0.3, 0.4) is 0 Å². The second-order valence-corrected chi connectivity index (χ2v) is 7.84. The van der Waals surface area contributed by atoms with Gasteiger partial charge in [-0.1, -0.05) is 17.7 Å². The van der Waals surface area contributed by atoms with Gasteiger partial charge in [-0.2, -0.15) is 0 Å². The SMILES string of the molecule is COC(=O)c1c(NC(=O)CN2CCCc3cc(C)ccc32)sc(C(N)=O)c1C. The molecule has 7 nitrogen and oxygen atoms in total. The third-order valence-corrected chi connectivity index (χ3v) is 6.02. The molecule has 3 rings (SSSR count). The topological polar surface area (TPSA) is 102 Å². The maximum Gasteiger partial charge on any atom is 0.341 e. The highest BCUT2D eigenvalue weighted by atomic mass is 32.1. The first-order valence-electron chi connectivity index (χ1n) is 8.97. The Kier molecular flexibility index (Phi) is 5.69. The van der Waals surface area contributed by atoms with Gasteiger partial charge in [-0.25, -0.2) is 4.79 Å². The van der Waals surface area contributed by atoms with Crippen LogP contribution in [0, 0.1) is 13.8 Å². The van der Waals surface area contributed by atoms with Crippen molar-refractivity contribution in [1.82, 2.24) is 0 Å². The number of aryl methyl sites for hydroxylation is 2. The number of anilines is 2. The van der Waals surface area contributed by atoms with Gasteiger partial charge in [-0.05, 0) is 43.9 Å². The Hall–Kier alpha value is -2.87. The molecule has 2 aromatic rings. The lowest BCUT2D eigenvalue weighted by molar-refractivity contribution is -0.115. The Bertz CT molecular complexity index is 951. The summed E-state index contributed by atoms with van der Waals surface area (Å²) in [6, 6.07) is 6.22. The smallest absolute Gasteiger partial charge is 0.341 e. The van der Waals surface area contributed by atoms with E-state index in [9.17, 15) is 14.4 Å². The van der Waals surface area contributed by atoms with Crippen LogP contribution in [-0.4, -0.2) is 38.0 Å². The molecule has 3 N–H and O–H groups in total. The fraction of sp³-hybridized carbons (Fsp3) is 0.350. The van der Waals surface area contributed by atoms with Crippen LogP contribution in [0.15, 0.2) is 18.2 Å². The van der Waals surface area contributed by atoms with Gasteiger partial charge in [0, 0.05) is 12.2 Å². The van der Waals surface area contributed by atoms with E-state index in [0.29, 0.717) is 5.56 Å². The van der Waals surface area contributed by atoms with E-state index in [1.54, 1.807) is 6.92 Å².